The molecule has 27 heavy (non-hydrogen) atoms. The Labute approximate surface area is 172 Å². The van der Waals surface area contributed by atoms with E-state index in [0.29, 0.717) is 6.17 Å². The molecule has 1 heterocycles. The molecule has 0 saturated heterocycles. The highest BCUT2D eigenvalue weighted by atomic mass is 32.2. The summed E-state index contributed by atoms with van der Waals surface area (Å²) in [6.45, 7) is 5.73. The molecule has 0 bridgehead atoms. The van der Waals surface area contributed by atoms with Gasteiger partial charge in [0.1, 0.15) is 6.17 Å². The Bertz CT molecular complexity index is 502. The van der Waals surface area contributed by atoms with Crippen molar-refractivity contribution >= 4 is 11.8 Å². The molecule has 3 heteroatoms. The standard InChI is InChI=1S/C24H40N2S/c1-3-5-7-8-9-10-11-15-18-25-19-20-26(22-27-21-6-4-2)24(25)23-16-13-12-14-17-23/h12-14,16-17,19-20,24H,3-11,15,18,21-22H2,1-2H3. The van der Waals surface area contributed by atoms with Gasteiger partial charge in [0.05, 0.1) is 5.88 Å². The summed E-state index contributed by atoms with van der Waals surface area (Å²) in [5.74, 6) is 2.35. The van der Waals surface area contributed by atoms with Crippen LogP contribution in [0.25, 0.3) is 0 Å². The van der Waals surface area contributed by atoms with Gasteiger partial charge < -0.3 is 9.80 Å². The maximum absolute atomic E-state index is 2.55. The maximum Gasteiger partial charge on any atom is 0.128 e. The molecule has 1 aliphatic rings. The summed E-state index contributed by atoms with van der Waals surface area (Å²) in [6.07, 6.45) is 18.7. The van der Waals surface area contributed by atoms with Crippen LogP contribution in [0.2, 0.25) is 0 Å². The molecule has 1 unspecified atom stereocenters. The second kappa shape index (κ2) is 14.0. The second-order valence-electron chi connectivity index (χ2n) is 7.70. The van der Waals surface area contributed by atoms with Crippen molar-refractivity contribution in [2.45, 2.75) is 84.2 Å². The molecule has 1 aliphatic heterocycles. The number of hydrogen-bond acceptors (Lipinski definition) is 3. The van der Waals surface area contributed by atoms with Crippen molar-refractivity contribution in [1.29, 1.82) is 0 Å². The topological polar surface area (TPSA) is 6.48 Å². The number of benzene rings is 1. The Morgan fingerprint density at radius 2 is 1.37 bits per heavy atom. The molecule has 152 valence electrons. The lowest BCUT2D eigenvalue weighted by molar-refractivity contribution is 0.170. The van der Waals surface area contributed by atoms with Gasteiger partial charge in [-0.2, -0.15) is 0 Å². The van der Waals surface area contributed by atoms with Crippen LogP contribution in [-0.2, 0) is 0 Å². The van der Waals surface area contributed by atoms with Gasteiger partial charge in [-0.3, -0.25) is 0 Å². The fourth-order valence-electron chi connectivity index (χ4n) is 3.69. The van der Waals surface area contributed by atoms with Gasteiger partial charge >= 0.3 is 0 Å². The maximum atomic E-state index is 2.55. The zero-order valence-electron chi connectivity index (χ0n) is 17.6. The molecule has 2 rings (SSSR count). The van der Waals surface area contributed by atoms with Gasteiger partial charge in [-0.1, -0.05) is 95.5 Å². The number of hydrogen-bond donors (Lipinski definition) is 0. The van der Waals surface area contributed by atoms with E-state index in [-0.39, 0.29) is 0 Å². The van der Waals surface area contributed by atoms with Crippen molar-refractivity contribution in [1.82, 2.24) is 9.80 Å². The summed E-state index contributed by atoms with van der Waals surface area (Å²) < 4.78 is 0. The highest BCUT2D eigenvalue weighted by Crippen LogP contribution is 2.32. The lowest BCUT2D eigenvalue weighted by Gasteiger charge is -2.33. The lowest BCUT2D eigenvalue weighted by Crippen LogP contribution is -2.31. The molecule has 1 aromatic rings. The van der Waals surface area contributed by atoms with E-state index in [1.807, 2.05) is 0 Å². The molecule has 1 aromatic carbocycles. The molecule has 0 N–H and O–H groups in total. The molecule has 2 nitrogen and oxygen atoms in total. The minimum atomic E-state index is 0.380. The van der Waals surface area contributed by atoms with Crippen LogP contribution in [0.5, 0.6) is 0 Å². The summed E-state index contributed by atoms with van der Waals surface area (Å²) in [5.41, 5.74) is 1.41. The van der Waals surface area contributed by atoms with Crippen molar-refractivity contribution < 1.29 is 0 Å². The number of rotatable bonds is 15. The molecular formula is C24H40N2S. The molecule has 0 amide bonds. The third kappa shape index (κ3) is 8.21. The molecule has 0 aromatic heterocycles. The molecular weight excluding hydrogens is 348 g/mol. The van der Waals surface area contributed by atoms with E-state index >= 15 is 0 Å². The zero-order chi connectivity index (χ0) is 19.2. The quantitative estimate of drug-likeness (QED) is 0.289. The Morgan fingerprint density at radius 3 is 2.07 bits per heavy atom. The SMILES string of the molecule is CCCCCCCCCCN1C=CN(CSCCCC)C1c1ccccc1. The molecule has 1 atom stereocenters. The fraction of sp³-hybridized carbons (Fsp3) is 0.667. The highest BCUT2D eigenvalue weighted by Gasteiger charge is 2.27. The van der Waals surface area contributed by atoms with Gasteiger partial charge in [-0.25, -0.2) is 0 Å². The third-order valence-corrected chi connectivity index (χ3v) is 6.39. The molecule has 0 radical (unpaired) electrons. The summed E-state index contributed by atoms with van der Waals surface area (Å²) in [6, 6.07) is 11.0. The van der Waals surface area contributed by atoms with Crippen LogP contribution in [0.4, 0.5) is 0 Å². The van der Waals surface area contributed by atoms with Gasteiger partial charge in [0.25, 0.3) is 0 Å². The minimum Gasteiger partial charge on any atom is -0.352 e. The average Bonchev–Trinajstić information content (AvgIpc) is 3.10. The van der Waals surface area contributed by atoms with E-state index in [0.717, 1.165) is 5.88 Å². The van der Waals surface area contributed by atoms with Crippen LogP contribution < -0.4 is 0 Å². The predicted octanol–water partition coefficient (Wildman–Crippen LogP) is 7.41. The Kier molecular flexibility index (Phi) is 11.5. The predicted molar refractivity (Wildman–Crippen MR) is 122 cm³/mol. The van der Waals surface area contributed by atoms with Crippen LogP contribution in [0.1, 0.15) is 89.8 Å². The molecule has 0 aliphatic carbocycles. The average molecular weight is 389 g/mol. The van der Waals surface area contributed by atoms with Crippen molar-refractivity contribution in [2.75, 3.05) is 18.2 Å². The molecule has 0 fully saturated rings. The first-order chi connectivity index (χ1) is 13.4. The smallest absolute Gasteiger partial charge is 0.128 e. The van der Waals surface area contributed by atoms with E-state index in [9.17, 15) is 0 Å². The highest BCUT2D eigenvalue weighted by molar-refractivity contribution is 7.99. The second-order valence-corrected chi connectivity index (χ2v) is 8.78. The van der Waals surface area contributed by atoms with Crippen molar-refractivity contribution in [3.63, 3.8) is 0 Å². The summed E-state index contributed by atoms with van der Waals surface area (Å²) in [4.78, 5) is 5.06. The summed E-state index contributed by atoms with van der Waals surface area (Å²) >= 11 is 2.06. The Hall–Kier alpha value is -1.09. The third-order valence-electron chi connectivity index (χ3n) is 5.33. The van der Waals surface area contributed by atoms with E-state index in [4.69, 9.17) is 0 Å². The Morgan fingerprint density at radius 1 is 0.741 bits per heavy atom. The van der Waals surface area contributed by atoms with Crippen LogP contribution >= 0.6 is 11.8 Å². The number of nitrogens with zero attached hydrogens (tertiary/aromatic N) is 2. The number of thioether (sulfide) groups is 1. The zero-order valence-corrected chi connectivity index (χ0v) is 18.4. The first-order valence-corrected chi connectivity index (χ1v) is 12.3. The van der Waals surface area contributed by atoms with Crippen LogP contribution in [0, 0.1) is 0 Å². The van der Waals surface area contributed by atoms with E-state index < -0.39 is 0 Å². The van der Waals surface area contributed by atoms with Crippen molar-refractivity contribution in [3.8, 4) is 0 Å². The Balaban J connectivity index is 1.77. The van der Waals surface area contributed by atoms with Gasteiger partial charge in [0, 0.05) is 18.9 Å². The number of unbranched alkanes of at least 4 members (excludes halogenated alkanes) is 8. The van der Waals surface area contributed by atoms with Crippen molar-refractivity contribution in [3.05, 3.63) is 48.3 Å². The van der Waals surface area contributed by atoms with Gasteiger partial charge in [-0.15, -0.1) is 11.8 Å². The van der Waals surface area contributed by atoms with Gasteiger partial charge in [0.15, 0.2) is 0 Å². The minimum absolute atomic E-state index is 0.380. The first kappa shape index (κ1) is 22.2. The van der Waals surface area contributed by atoms with Crippen molar-refractivity contribution in [2.24, 2.45) is 0 Å². The first-order valence-electron chi connectivity index (χ1n) is 11.2. The molecule has 0 saturated carbocycles. The fourth-order valence-corrected chi connectivity index (χ4v) is 4.75. The van der Waals surface area contributed by atoms with Gasteiger partial charge in [0.2, 0.25) is 0 Å². The van der Waals surface area contributed by atoms with E-state index in [1.54, 1.807) is 0 Å². The van der Waals surface area contributed by atoms with E-state index in [2.05, 4.69) is 78.1 Å². The van der Waals surface area contributed by atoms with Crippen LogP contribution in [-0.4, -0.2) is 28.0 Å². The lowest BCUT2D eigenvalue weighted by atomic mass is 10.1. The van der Waals surface area contributed by atoms with Crippen LogP contribution in [0.15, 0.2) is 42.7 Å². The summed E-state index contributed by atoms with van der Waals surface area (Å²) in [5, 5.41) is 0. The monoisotopic (exact) mass is 388 g/mol. The van der Waals surface area contributed by atoms with Gasteiger partial charge in [-0.05, 0) is 24.2 Å². The molecule has 0 spiro atoms. The van der Waals surface area contributed by atoms with E-state index in [1.165, 1.54) is 82.1 Å². The summed E-state index contributed by atoms with van der Waals surface area (Å²) in [7, 11) is 0. The normalized spacial score (nSPS) is 16.4. The van der Waals surface area contributed by atoms with Crippen LogP contribution in [0.3, 0.4) is 0 Å². The largest absolute Gasteiger partial charge is 0.352 e.